The lowest BCUT2D eigenvalue weighted by atomic mass is 10.00. The predicted molar refractivity (Wildman–Crippen MR) is 86.7 cm³/mol. The summed E-state index contributed by atoms with van der Waals surface area (Å²) in [5, 5.41) is 2.65. The number of nitrogens with one attached hydrogen (secondary N) is 1. The second kappa shape index (κ2) is 7.85. The molecule has 0 spiro atoms. The van der Waals surface area contributed by atoms with Gasteiger partial charge in [0.05, 0.1) is 20.6 Å². The Kier molecular flexibility index (Phi) is 5.84. The quantitative estimate of drug-likeness (QED) is 0.890. The summed E-state index contributed by atoms with van der Waals surface area (Å²) in [5.74, 6) is 1.15. The minimum absolute atomic E-state index is 0.0539. The van der Waals surface area contributed by atoms with E-state index >= 15 is 0 Å². The molecule has 2 amide bonds. The highest BCUT2D eigenvalue weighted by Crippen LogP contribution is 2.26. The molecular formula is C17H24N2O4. The molecule has 1 aromatic rings. The molecule has 1 heterocycles. The molecule has 6 nitrogen and oxygen atoms in total. The number of piperidine rings is 1. The molecule has 0 aliphatic carbocycles. The maximum absolute atomic E-state index is 12.7. The molecule has 1 saturated heterocycles. The zero-order chi connectivity index (χ0) is 16.8. The largest absolute Gasteiger partial charge is 0.497 e. The third-order valence-corrected chi connectivity index (χ3v) is 4.21. The number of amides is 2. The molecule has 23 heavy (non-hydrogen) atoms. The molecule has 1 aliphatic heterocycles. The topological polar surface area (TPSA) is 67.9 Å². The first-order valence-electron chi connectivity index (χ1n) is 7.82. The molecule has 1 N–H and O–H groups in total. The summed E-state index contributed by atoms with van der Waals surface area (Å²) in [6.07, 6.45) is 2.82. The van der Waals surface area contributed by atoms with Crippen molar-refractivity contribution in [3.05, 3.63) is 23.8 Å². The van der Waals surface area contributed by atoms with Crippen LogP contribution in [0.3, 0.4) is 0 Å². The van der Waals surface area contributed by atoms with Gasteiger partial charge < -0.3 is 19.7 Å². The second-order valence-corrected chi connectivity index (χ2v) is 5.57. The molecule has 0 saturated carbocycles. The Morgan fingerprint density at radius 1 is 1.26 bits per heavy atom. The molecule has 0 aromatic heterocycles. The summed E-state index contributed by atoms with van der Waals surface area (Å²) >= 11 is 0. The summed E-state index contributed by atoms with van der Waals surface area (Å²) in [7, 11) is 4.75. The van der Waals surface area contributed by atoms with Crippen molar-refractivity contribution >= 4 is 11.8 Å². The minimum Gasteiger partial charge on any atom is -0.497 e. The van der Waals surface area contributed by atoms with Gasteiger partial charge >= 0.3 is 0 Å². The van der Waals surface area contributed by atoms with Gasteiger partial charge in [0.15, 0.2) is 0 Å². The number of carbonyl (C=O) groups excluding carboxylic acids is 2. The van der Waals surface area contributed by atoms with Crippen LogP contribution in [0.25, 0.3) is 0 Å². The van der Waals surface area contributed by atoms with E-state index in [4.69, 9.17) is 9.47 Å². The van der Waals surface area contributed by atoms with Gasteiger partial charge in [-0.2, -0.15) is 0 Å². The number of hydrogen-bond donors (Lipinski definition) is 1. The molecule has 2 rings (SSSR count). The van der Waals surface area contributed by atoms with E-state index in [2.05, 4.69) is 5.32 Å². The first-order valence-corrected chi connectivity index (χ1v) is 7.82. The van der Waals surface area contributed by atoms with Crippen LogP contribution in [-0.2, 0) is 16.0 Å². The number of likely N-dealkylation sites (N-methyl/N-ethyl adjacent to an activating group) is 1. The third-order valence-electron chi connectivity index (χ3n) is 4.21. The normalized spacial score (nSPS) is 17.5. The van der Waals surface area contributed by atoms with E-state index in [1.165, 1.54) is 0 Å². The number of rotatable bonds is 5. The van der Waals surface area contributed by atoms with E-state index in [0.717, 1.165) is 18.4 Å². The fraction of sp³-hybridized carbons (Fsp3) is 0.529. The van der Waals surface area contributed by atoms with Crippen molar-refractivity contribution in [2.45, 2.75) is 31.7 Å². The highest BCUT2D eigenvalue weighted by molar-refractivity contribution is 5.88. The van der Waals surface area contributed by atoms with Crippen LogP contribution in [0, 0.1) is 0 Å². The van der Waals surface area contributed by atoms with Gasteiger partial charge in [0.1, 0.15) is 17.5 Å². The van der Waals surface area contributed by atoms with Gasteiger partial charge in [-0.1, -0.05) is 6.07 Å². The first kappa shape index (κ1) is 17.1. The van der Waals surface area contributed by atoms with Crippen LogP contribution in [0.4, 0.5) is 0 Å². The van der Waals surface area contributed by atoms with Crippen LogP contribution in [-0.4, -0.2) is 50.6 Å². The standard InChI is InChI=1S/C17H24N2O4/c1-18-17(21)14-6-4-5-9-19(14)16(20)10-12-7-8-13(22-2)11-15(12)23-3/h7-8,11,14H,4-6,9-10H2,1-3H3,(H,18,21)/t14-/m1/s1. The molecule has 126 valence electrons. The lowest BCUT2D eigenvalue weighted by molar-refractivity contribution is -0.141. The smallest absolute Gasteiger partial charge is 0.242 e. The number of likely N-dealkylation sites (tertiary alicyclic amines) is 1. The number of hydrogen-bond acceptors (Lipinski definition) is 4. The van der Waals surface area contributed by atoms with Crippen molar-refractivity contribution in [3.63, 3.8) is 0 Å². The molecule has 1 fully saturated rings. The number of benzene rings is 1. The van der Waals surface area contributed by atoms with Crippen molar-refractivity contribution in [2.75, 3.05) is 27.8 Å². The number of methoxy groups -OCH3 is 2. The summed E-state index contributed by atoms with van der Waals surface area (Å²) in [6, 6.07) is 5.02. The zero-order valence-electron chi connectivity index (χ0n) is 13.9. The maximum atomic E-state index is 12.7. The van der Waals surface area contributed by atoms with Crippen LogP contribution in [0.15, 0.2) is 18.2 Å². The Bertz CT molecular complexity index is 574. The molecule has 1 aliphatic rings. The van der Waals surface area contributed by atoms with E-state index in [0.29, 0.717) is 24.5 Å². The van der Waals surface area contributed by atoms with Gasteiger partial charge in [-0.05, 0) is 25.3 Å². The van der Waals surface area contributed by atoms with E-state index in [9.17, 15) is 9.59 Å². The van der Waals surface area contributed by atoms with Crippen molar-refractivity contribution in [3.8, 4) is 11.5 Å². The molecular weight excluding hydrogens is 296 g/mol. The number of nitrogens with zero attached hydrogens (tertiary/aromatic N) is 1. The molecule has 0 radical (unpaired) electrons. The van der Waals surface area contributed by atoms with Gasteiger partial charge in [-0.15, -0.1) is 0 Å². The number of ether oxygens (including phenoxy) is 2. The Balaban J connectivity index is 2.15. The summed E-state index contributed by atoms with van der Waals surface area (Å²) in [5.41, 5.74) is 0.791. The fourth-order valence-electron chi connectivity index (χ4n) is 2.93. The monoisotopic (exact) mass is 320 g/mol. The Labute approximate surface area is 136 Å². The van der Waals surface area contributed by atoms with Crippen LogP contribution < -0.4 is 14.8 Å². The molecule has 6 heteroatoms. The highest BCUT2D eigenvalue weighted by Gasteiger charge is 2.31. The molecule has 0 unspecified atom stereocenters. The average Bonchev–Trinajstić information content (AvgIpc) is 2.61. The molecule has 1 atom stereocenters. The fourth-order valence-corrected chi connectivity index (χ4v) is 2.93. The van der Waals surface area contributed by atoms with Crippen molar-refractivity contribution in [1.82, 2.24) is 10.2 Å². The van der Waals surface area contributed by atoms with E-state index in [1.54, 1.807) is 38.3 Å². The van der Waals surface area contributed by atoms with Crippen molar-refractivity contribution < 1.29 is 19.1 Å². The Hall–Kier alpha value is -2.24. The van der Waals surface area contributed by atoms with E-state index in [1.807, 2.05) is 6.07 Å². The van der Waals surface area contributed by atoms with Gasteiger partial charge in [-0.3, -0.25) is 9.59 Å². The number of carbonyl (C=O) groups is 2. The van der Waals surface area contributed by atoms with Crippen LogP contribution in [0.5, 0.6) is 11.5 Å². The average molecular weight is 320 g/mol. The van der Waals surface area contributed by atoms with Crippen molar-refractivity contribution in [2.24, 2.45) is 0 Å². The summed E-state index contributed by atoms with van der Waals surface area (Å²) in [4.78, 5) is 26.4. The van der Waals surface area contributed by atoms with Crippen LogP contribution in [0.2, 0.25) is 0 Å². The summed E-state index contributed by atoms with van der Waals surface area (Å²) in [6.45, 7) is 0.620. The second-order valence-electron chi connectivity index (χ2n) is 5.57. The summed E-state index contributed by atoms with van der Waals surface area (Å²) < 4.78 is 10.5. The molecule has 1 aromatic carbocycles. The van der Waals surface area contributed by atoms with Crippen LogP contribution in [0.1, 0.15) is 24.8 Å². The Morgan fingerprint density at radius 2 is 2.04 bits per heavy atom. The third kappa shape index (κ3) is 3.94. The van der Waals surface area contributed by atoms with Crippen LogP contribution >= 0.6 is 0 Å². The Morgan fingerprint density at radius 3 is 2.70 bits per heavy atom. The maximum Gasteiger partial charge on any atom is 0.242 e. The molecule has 0 bridgehead atoms. The van der Waals surface area contributed by atoms with E-state index < -0.39 is 0 Å². The predicted octanol–water partition coefficient (Wildman–Crippen LogP) is 1.37. The van der Waals surface area contributed by atoms with Gasteiger partial charge in [0.2, 0.25) is 11.8 Å². The van der Waals surface area contributed by atoms with Crippen molar-refractivity contribution in [1.29, 1.82) is 0 Å². The van der Waals surface area contributed by atoms with Gasteiger partial charge in [0.25, 0.3) is 0 Å². The first-order chi connectivity index (χ1) is 11.1. The van der Waals surface area contributed by atoms with E-state index in [-0.39, 0.29) is 24.3 Å². The van der Waals surface area contributed by atoms with Gasteiger partial charge in [-0.25, -0.2) is 0 Å². The lowest BCUT2D eigenvalue weighted by Crippen LogP contribution is -2.51. The lowest BCUT2D eigenvalue weighted by Gasteiger charge is -2.34. The highest BCUT2D eigenvalue weighted by atomic mass is 16.5. The SMILES string of the molecule is CNC(=O)[C@H]1CCCCN1C(=O)Cc1ccc(OC)cc1OC. The minimum atomic E-state index is -0.370. The zero-order valence-corrected chi connectivity index (χ0v) is 13.9. The van der Waals surface area contributed by atoms with Gasteiger partial charge in [0, 0.05) is 25.2 Å².